The maximum Gasteiger partial charge on any atom is 0.145 e. The van der Waals surface area contributed by atoms with Crippen LogP contribution < -0.4 is 10.5 Å². The molecule has 0 saturated carbocycles. The molecule has 3 nitrogen and oxygen atoms in total. The van der Waals surface area contributed by atoms with Crippen LogP contribution in [-0.4, -0.2) is 12.1 Å². The van der Waals surface area contributed by atoms with Gasteiger partial charge >= 0.3 is 0 Å². The molecule has 2 N–H and O–H groups in total. The molecular formula is C11H12N2O. The molecule has 72 valence electrons. The van der Waals surface area contributed by atoms with Gasteiger partial charge in [0.25, 0.3) is 0 Å². The van der Waals surface area contributed by atoms with Crippen molar-refractivity contribution in [3.63, 3.8) is 0 Å². The maximum atomic E-state index is 5.64. The average Bonchev–Trinajstić information content (AvgIpc) is 2.27. The standard InChI is InChI=1S/C11H12N2O/c1-14-10-4-2-3-9-8(7-12)5-6-13-11(9)10/h2-6H,7,12H2,1H3. The number of nitrogens with zero attached hydrogens (tertiary/aromatic N) is 1. The smallest absolute Gasteiger partial charge is 0.145 e. The minimum absolute atomic E-state index is 0.520. The van der Waals surface area contributed by atoms with Gasteiger partial charge in [-0.2, -0.15) is 0 Å². The molecule has 1 aromatic carbocycles. The van der Waals surface area contributed by atoms with Crippen molar-refractivity contribution in [2.75, 3.05) is 7.11 Å². The average molecular weight is 188 g/mol. The molecule has 0 atom stereocenters. The molecular weight excluding hydrogens is 176 g/mol. The van der Waals surface area contributed by atoms with Crippen LogP contribution in [0.1, 0.15) is 5.56 Å². The molecule has 0 saturated heterocycles. The fourth-order valence-electron chi connectivity index (χ4n) is 1.55. The Bertz CT molecular complexity index is 411. The number of methoxy groups -OCH3 is 1. The van der Waals surface area contributed by atoms with E-state index >= 15 is 0 Å². The lowest BCUT2D eigenvalue weighted by Gasteiger charge is -2.06. The number of hydrogen-bond donors (Lipinski definition) is 1. The first-order chi connectivity index (χ1) is 6.86. The summed E-state index contributed by atoms with van der Waals surface area (Å²) >= 11 is 0. The van der Waals surface area contributed by atoms with E-state index in [1.807, 2.05) is 24.3 Å². The highest BCUT2D eigenvalue weighted by atomic mass is 16.5. The van der Waals surface area contributed by atoms with Gasteiger partial charge in [-0.3, -0.25) is 4.98 Å². The third-order valence-corrected chi connectivity index (χ3v) is 2.26. The van der Waals surface area contributed by atoms with E-state index in [0.717, 1.165) is 22.2 Å². The lowest BCUT2D eigenvalue weighted by Crippen LogP contribution is -1.98. The van der Waals surface area contributed by atoms with Crippen LogP contribution in [0.15, 0.2) is 30.5 Å². The molecule has 0 aliphatic heterocycles. The second kappa shape index (κ2) is 3.64. The van der Waals surface area contributed by atoms with Crippen LogP contribution in [0.3, 0.4) is 0 Å². The Kier molecular flexibility index (Phi) is 2.33. The molecule has 1 heterocycles. The molecule has 0 aliphatic rings. The minimum atomic E-state index is 0.520. The van der Waals surface area contributed by atoms with Crippen LogP contribution in [0, 0.1) is 0 Å². The van der Waals surface area contributed by atoms with E-state index in [-0.39, 0.29) is 0 Å². The Morgan fingerprint density at radius 3 is 2.93 bits per heavy atom. The van der Waals surface area contributed by atoms with E-state index in [9.17, 15) is 0 Å². The monoisotopic (exact) mass is 188 g/mol. The summed E-state index contributed by atoms with van der Waals surface area (Å²) < 4.78 is 5.22. The summed E-state index contributed by atoms with van der Waals surface area (Å²) in [6, 6.07) is 7.78. The van der Waals surface area contributed by atoms with E-state index in [1.54, 1.807) is 13.3 Å². The van der Waals surface area contributed by atoms with Crippen molar-refractivity contribution >= 4 is 10.9 Å². The van der Waals surface area contributed by atoms with Crippen LogP contribution >= 0.6 is 0 Å². The highest BCUT2D eigenvalue weighted by molar-refractivity contribution is 5.87. The van der Waals surface area contributed by atoms with E-state index < -0.39 is 0 Å². The number of para-hydroxylation sites is 1. The molecule has 0 aliphatic carbocycles. The predicted octanol–water partition coefficient (Wildman–Crippen LogP) is 1.70. The van der Waals surface area contributed by atoms with Crippen molar-refractivity contribution in [3.05, 3.63) is 36.0 Å². The van der Waals surface area contributed by atoms with Crippen molar-refractivity contribution in [1.29, 1.82) is 0 Å². The fraction of sp³-hybridized carbons (Fsp3) is 0.182. The number of fused-ring (bicyclic) bond motifs is 1. The van der Waals surface area contributed by atoms with E-state index in [2.05, 4.69) is 4.98 Å². The number of pyridine rings is 1. The van der Waals surface area contributed by atoms with Crippen molar-refractivity contribution in [2.24, 2.45) is 5.73 Å². The summed E-state index contributed by atoms with van der Waals surface area (Å²) in [7, 11) is 1.64. The summed E-state index contributed by atoms with van der Waals surface area (Å²) in [6.07, 6.45) is 1.76. The highest BCUT2D eigenvalue weighted by Gasteiger charge is 2.04. The molecule has 2 rings (SSSR count). The van der Waals surface area contributed by atoms with E-state index in [1.165, 1.54) is 0 Å². The van der Waals surface area contributed by atoms with E-state index in [0.29, 0.717) is 6.54 Å². The van der Waals surface area contributed by atoms with Gasteiger partial charge in [0.1, 0.15) is 11.3 Å². The molecule has 0 radical (unpaired) electrons. The lowest BCUT2D eigenvalue weighted by molar-refractivity contribution is 0.419. The lowest BCUT2D eigenvalue weighted by atomic mass is 10.1. The van der Waals surface area contributed by atoms with Crippen LogP contribution in [-0.2, 0) is 6.54 Å². The van der Waals surface area contributed by atoms with Crippen LogP contribution in [0.25, 0.3) is 10.9 Å². The Hall–Kier alpha value is -1.61. The van der Waals surface area contributed by atoms with Gasteiger partial charge < -0.3 is 10.5 Å². The quantitative estimate of drug-likeness (QED) is 0.780. The number of benzene rings is 1. The predicted molar refractivity (Wildman–Crippen MR) is 56.2 cm³/mol. The molecule has 0 fully saturated rings. The third-order valence-electron chi connectivity index (χ3n) is 2.26. The number of hydrogen-bond acceptors (Lipinski definition) is 3. The van der Waals surface area contributed by atoms with Gasteiger partial charge in [0.05, 0.1) is 7.11 Å². The molecule has 0 spiro atoms. The summed E-state index contributed by atoms with van der Waals surface area (Å²) in [5.41, 5.74) is 7.60. The zero-order valence-corrected chi connectivity index (χ0v) is 8.03. The van der Waals surface area contributed by atoms with E-state index in [4.69, 9.17) is 10.5 Å². The number of nitrogens with two attached hydrogens (primary N) is 1. The van der Waals surface area contributed by atoms with Crippen LogP contribution in [0.4, 0.5) is 0 Å². The molecule has 0 unspecified atom stereocenters. The van der Waals surface area contributed by atoms with Gasteiger partial charge in [0.15, 0.2) is 0 Å². The topological polar surface area (TPSA) is 48.1 Å². The fourth-order valence-corrected chi connectivity index (χ4v) is 1.55. The van der Waals surface area contributed by atoms with Crippen molar-refractivity contribution < 1.29 is 4.74 Å². The Balaban J connectivity index is 2.77. The molecule has 1 aromatic heterocycles. The zero-order valence-electron chi connectivity index (χ0n) is 8.03. The molecule has 3 heteroatoms. The molecule has 0 bridgehead atoms. The highest BCUT2D eigenvalue weighted by Crippen LogP contribution is 2.25. The minimum Gasteiger partial charge on any atom is -0.494 e. The molecule has 14 heavy (non-hydrogen) atoms. The number of ether oxygens (including phenoxy) is 1. The Morgan fingerprint density at radius 1 is 1.36 bits per heavy atom. The molecule has 0 amide bonds. The van der Waals surface area contributed by atoms with Crippen molar-refractivity contribution in [1.82, 2.24) is 4.98 Å². The summed E-state index contributed by atoms with van der Waals surface area (Å²) in [6.45, 7) is 0.520. The van der Waals surface area contributed by atoms with Gasteiger partial charge in [0, 0.05) is 18.1 Å². The largest absolute Gasteiger partial charge is 0.494 e. The van der Waals surface area contributed by atoms with Gasteiger partial charge in [-0.1, -0.05) is 12.1 Å². The van der Waals surface area contributed by atoms with Crippen molar-refractivity contribution in [2.45, 2.75) is 6.54 Å². The zero-order chi connectivity index (χ0) is 9.97. The van der Waals surface area contributed by atoms with Crippen molar-refractivity contribution in [3.8, 4) is 5.75 Å². The number of aromatic nitrogens is 1. The second-order valence-electron chi connectivity index (χ2n) is 3.03. The first-order valence-electron chi connectivity index (χ1n) is 4.47. The Labute approximate surface area is 82.5 Å². The third kappa shape index (κ3) is 1.32. The second-order valence-corrected chi connectivity index (χ2v) is 3.03. The van der Waals surface area contributed by atoms with Gasteiger partial charge in [-0.05, 0) is 17.7 Å². The summed E-state index contributed by atoms with van der Waals surface area (Å²) in [5.74, 6) is 0.790. The first-order valence-corrected chi connectivity index (χ1v) is 4.47. The molecule has 2 aromatic rings. The summed E-state index contributed by atoms with van der Waals surface area (Å²) in [5, 5.41) is 1.06. The van der Waals surface area contributed by atoms with Gasteiger partial charge in [-0.25, -0.2) is 0 Å². The first kappa shape index (κ1) is 8.97. The van der Waals surface area contributed by atoms with Crippen LogP contribution in [0.5, 0.6) is 5.75 Å². The van der Waals surface area contributed by atoms with Crippen LogP contribution in [0.2, 0.25) is 0 Å². The van der Waals surface area contributed by atoms with Gasteiger partial charge in [-0.15, -0.1) is 0 Å². The van der Waals surface area contributed by atoms with Gasteiger partial charge in [0.2, 0.25) is 0 Å². The maximum absolute atomic E-state index is 5.64. The Morgan fingerprint density at radius 2 is 2.21 bits per heavy atom. The number of rotatable bonds is 2. The SMILES string of the molecule is COc1cccc2c(CN)ccnc12. The normalized spacial score (nSPS) is 10.4. The summed E-state index contributed by atoms with van der Waals surface area (Å²) in [4.78, 5) is 4.28.